The average molecular weight is 274 g/mol. The molecule has 1 heterocycles. The predicted octanol–water partition coefficient (Wildman–Crippen LogP) is 3.90. The summed E-state index contributed by atoms with van der Waals surface area (Å²) in [5.74, 6) is 0. The van der Waals surface area contributed by atoms with Gasteiger partial charge in [-0.15, -0.1) is 0 Å². The lowest BCUT2D eigenvalue weighted by molar-refractivity contribution is 0.1000. The van der Waals surface area contributed by atoms with Gasteiger partial charge in [0.2, 0.25) is 0 Å². The van der Waals surface area contributed by atoms with Crippen molar-refractivity contribution in [3.63, 3.8) is 0 Å². The van der Waals surface area contributed by atoms with Crippen molar-refractivity contribution < 1.29 is 0 Å². The first-order valence-electron chi connectivity index (χ1n) is 8.21. The van der Waals surface area contributed by atoms with Gasteiger partial charge in [-0.1, -0.05) is 44.5 Å². The monoisotopic (exact) mass is 274 g/mol. The Kier molecular flexibility index (Phi) is 5.22. The van der Waals surface area contributed by atoms with E-state index in [4.69, 9.17) is 5.73 Å². The lowest BCUT2D eigenvalue weighted by Crippen LogP contribution is -2.51. The van der Waals surface area contributed by atoms with E-state index in [1.165, 1.54) is 43.5 Å². The van der Waals surface area contributed by atoms with Crippen LogP contribution in [0.5, 0.6) is 0 Å². The summed E-state index contributed by atoms with van der Waals surface area (Å²) in [5.41, 5.74) is 9.43. The predicted molar refractivity (Wildman–Crippen MR) is 86.9 cm³/mol. The van der Waals surface area contributed by atoms with Crippen LogP contribution in [0.4, 0.5) is 0 Å². The van der Waals surface area contributed by atoms with E-state index >= 15 is 0 Å². The van der Waals surface area contributed by atoms with Crippen molar-refractivity contribution >= 4 is 0 Å². The summed E-state index contributed by atoms with van der Waals surface area (Å²) in [7, 11) is 0. The highest BCUT2D eigenvalue weighted by Gasteiger charge is 2.38. The molecule has 20 heavy (non-hydrogen) atoms. The van der Waals surface area contributed by atoms with Crippen LogP contribution < -0.4 is 5.73 Å². The van der Waals surface area contributed by atoms with Crippen LogP contribution in [0.1, 0.15) is 63.6 Å². The number of hydrogen-bond acceptors (Lipinski definition) is 2. The highest BCUT2D eigenvalue weighted by molar-refractivity contribution is 5.27. The third-order valence-electron chi connectivity index (χ3n) is 5.09. The molecule has 1 aromatic carbocycles. The van der Waals surface area contributed by atoms with Crippen LogP contribution in [0.15, 0.2) is 24.3 Å². The number of benzene rings is 1. The smallest absolute Gasteiger partial charge is 0.0479 e. The highest BCUT2D eigenvalue weighted by atomic mass is 15.2. The molecule has 2 nitrogen and oxygen atoms in total. The molecule has 2 N–H and O–H groups in total. The van der Waals surface area contributed by atoms with E-state index in [-0.39, 0.29) is 11.6 Å². The van der Waals surface area contributed by atoms with Crippen molar-refractivity contribution in [3.05, 3.63) is 35.4 Å². The van der Waals surface area contributed by atoms with E-state index in [1.807, 2.05) is 0 Å². The number of rotatable bonds is 6. The van der Waals surface area contributed by atoms with Gasteiger partial charge in [0.1, 0.15) is 0 Å². The lowest BCUT2D eigenvalue weighted by Gasteiger charge is -2.43. The highest BCUT2D eigenvalue weighted by Crippen LogP contribution is 2.34. The van der Waals surface area contributed by atoms with Gasteiger partial charge >= 0.3 is 0 Å². The number of likely N-dealkylation sites (tertiary alicyclic amines) is 1. The van der Waals surface area contributed by atoms with Crippen LogP contribution in [0.3, 0.4) is 0 Å². The van der Waals surface area contributed by atoms with E-state index in [2.05, 4.69) is 49.9 Å². The van der Waals surface area contributed by atoms with Crippen molar-refractivity contribution in [2.24, 2.45) is 5.73 Å². The maximum absolute atomic E-state index is 6.65. The van der Waals surface area contributed by atoms with Crippen molar-refractivity contribution in [2.75, 3.05) is 13.1 Å². The van der Waals surface area contributed by atoms with Gasteiger partial charge < -0.3 is 5.73 Å². The Labute approximate surface area is 124 Å². The van der Waals surface area contributed by atoms with Crippen molar-refractivity contribution in [3.8, 4) is 0 Å². The molecule has 2 atom stereocenters. The van der Waals surface area contributed by atoms with Gasteiger partial charge in [-0.2, -0.15) is 0 Å². The second-order valence-corrected chi connectivity index (χ2v) is 6.37. The van der Waals surface area contributed by atoms with Gasteiger partial charge in [-0.25, -0.2) is 0 Å². The summed E-state index contributed by atoms with van der Waals surface area (Å²) in [6, 6.07) is 9.07. The van der Waals surface area contributed by atoms with E-state index in [1.54, 1.807) is 0 Å². The molecule has 0 saturated carbocycles. The second-order valence-electron chi connectivity index (χ2n) is 6.37. The number of nitrogens with zero attached hydrogens (tertiary/aromatic N) is 1. The Morgan fingerprint density at radius 3 is 2.25 bits per heavy atom. The lowest BCUT2D eigenvalue weighted by atomic mass is 9.83. The minimum absolute atomic E-state index is 0.0861. The van der Waals surface area contributed by atoms with Crippen LogP contribution >= 0.6 is 0 Å². The van der Waals surface area contributed by atoms with Gasteiger partial charge in [0.15, 0.2) is 0 Å². The molecule has 1 saturated heterocycles. The number of hydrogen-bond donors (Lipinski definition) is 1. The zero-order valence-electron chi connectivity index (χ0n) is 13.4. The molecule has 1 aliphatic heterocycles. The van der Waals surface area contributed by atoms with Crippen LogP contribution in [0.2, 0.25) is 0 Å². The van der Waals surface area contributed by atoms with Crippen LogP contribution in [-0.2, 0) is 6.42 Å². The Hall–Kier alpha value is -0.860. The summed E-state index contributed by atoms with van der Waals surface area (Å²) in [6.07, 6.45) is 6.10. The first-order valence-corrected chi connectivity index (χ1v) is 8.21. The first-order chi connectivity index (χ1) is 9.61. The van der Waals surface area contributed by atoms with Crippen LogP contribution in [0.25, 0.3) is 0 Å². The standard InChI is InChI=1S/C18H30N2/c1-4-8-15-9-11-16(12-10-15)17(19)18(3,5-2)20-13-6-7-14-20/h9-12,17H,4-8,13-14,19H2,1-3H3. The third kappa shape index (κ3) is 3.07. The topological polar surface area (TPSA) is 29.3 Å². The van der Waals surface area contributed by atoms with Gasteiger partial charge in [-0.05, 0) is 56.8 Å². The number of nitrogens with two attached hydrogens (primary N) is 1. The fourth-order valence-electron chi connectivity index (χ4n) is 3.41. The van der Waals surface area contributed by atoms with Crippen molar-refractivity contribution in [1.29, 1.82) is 0 Å². The molecule has 0 amide bonds. The molecule has 0 spiro atoms. The maximum Gasteiger partial charge on any atom is 0.0479 e. The molecule has 0 aromatic heterocycles. The van der Waals surface area contributed by atoms with Crippen LogP contribution in [-0.4, -0.2) is 23.5 Å². The first kappa shape index (κ1) is 15.5. The molecule has 0 radical (unpaired) electrons. The van der Waals surface area contributed by atoms with Crippen molar-refractivity contribution in [2.45, 2.75) is 64.5 Å². The minimum atomic E-state index is 0.0861. The Morgan fingerprint density at radius 1 is 1.15 bits per heavy atom. The normalized spacial score (nSPS) is 20.8. The largest absolute Gasteiger partial charge is 0.322 e. The van der Waals surface area contributed by atoms with Crippen molar-refractivity contribution in [1.82, 2.24) is 4.90 Å². The Morgan fingerprint density at radius 2 is 1.75 bits per heavy atom. The van der Waals surface area contributed by atoms with Gasteiger partial charge in [0, 0.05) is 11.6 Å². The molecule has 1 fully saturated rings. The summed E-state index contributed by atoms with van der Waals surface area (Å²) >= 11 is 0. The van der Waals surface area contributed by atoms with Gasteiger partial charge in [0.25, 0.3) is 0 Å². The number of aryl methyl sites for hydroxylation is 1. The zero-order valence-corrected chi connectivity index (χ0v) is 13.4. The molecule has 2 unspecified atom stereocenters. The van der Waals surface area contributed by atoms with E-state index in [9.17, 15) is 0 Å². The van der Waals surface area contributed by atoms with E-state index in [0.717, 1.165) is 12.8 Å². The Bertz CT molecular complexity index is 406. The molecular weight excluding hydrogens is 244 g/mol. The molecule has 1 aromatic rings. The summed E-state index contributed by atoms with van der Waals surface area (Å²) in [4.78, 5) is 2.59. The molecular formula is C18H30N2. The molecule has 112 valence electrons. The Balaban J connectivity index is 2.16. The summed E-state index contributed by atoms with van der Waals surface area (Å²) < 4.78 is 0. The van der Waals surface area contributed by atoms with Gasteiger partial charge in [-0.3, -0.25) is 4.90 Å². The fraction of sp³-hybridized carbons (Fsp3) is 0.667. The molecule has 2 heteroatoms. The molecule has 1 aliphatic rings. The van der Waals surface area contributed by atoms with E-state index in [0.29, 0.717) is 0 Å². The summed E-state index contributed by atoms with van der Waals surface area (Å²) in [6.45, 7) is 9.23. The summed E-state index contributed by atoms with van der Waals surface area (Å²) in [5, 5.41) is 0. The third-order valence-corrected chi connectivity index (χ3v) is 5.09. The SMILES string of the molecule is CCCc1ccc(C(N)C(C)(CC)N2CCCC2)cc1. The average Bonchev–Trinajstić information content (AvgIpc) is 3.01. The van der Waals surface area contributed by atoms with Crippen LogP contribution in [0, 0.1) is 0 Å². The second kappa shape index (κ2) is 6.73. The molecule has 2 rings (SSSR count). The molecule has 0 bridgehead atoms. The fourth-order valence-corrected chi connectivity index (χ4v) is 3.41. The minimum Gasteiger partial charge on any atom is -0.322 e. The maximum atomic E-state index is 6.65. The molecule has 0 aliphatic carbocycles. The van der Waals surface area contributed by atoms with Gasteiger partial charge in [0.05, 0.1) is 0 Å². The zero-order chi connectivity index (χ0) is 14.6. The van der Waals surface area contributed by atoms with E-state index < -0.39 is 0 Å². The quantitative estimate of drug-likeness (QED) is 0.852.